The summed E-state index contributed by atoms with van der Waals surface area (Å²) in [7, 11) is 0. The van der Waals surface area contributed by atoms with Crippen LogP contribution in [0, 0.1) is 5.92 Å². The SMILES string of the molecule is CCNc1cccc(N2CCCC(CC)CC2)n1. The number of anilines is 2. The van der Waals surface area contributed by atoms with E-state index in [1.807, 2.05) is 6.07 Å². The van der Waals surface area contributed by atoms with E-state index >= 15 is 0 Å². The van der Waals surface area contributed by atoms with Crippen molar-refractivity contribution >= 4 is 11.6 Å². The fourth-order valence-corrected chi connectivity index (χ4v) is 2.68. The monoisotopic (exact) mass is 247 g/mol. The molecule has 0 saturated carbocycles. The molecule has 0 spiro atoms. The zero-order valence-corrected chi connectivity index (χ0v) is 11.7. The van der Waals surface area contributed by atoms with Crippen LogP contribution in [-0.4, -0.2) is 24.6 Å². The van der Waals surface area contributed by atoms with Crippen molar-refractivity contribution in [1.29, 1.82) is 0 Å². The summed E-state index contributed by atoms with van der Waals surface area (Å²) in [6, 6.07) is 6.27. The van der Waals surface area contributed by atoms with Gasteiger partial charge >= 0.3 is 0 Å². The molecule has 100 valence electrons. The summed E-state index contributed by atoms with van der Waals surface area (Å²) in [5.74, 6) is 3.03. The highest BCUT2D eigenvalue weighted by Crippen LogP contribution is 2.23. The molecule has 1 unspecified atom stereocenters. The van der Waals surface area contributed by atoms with Crippen molar-refractivity contribution in [3.05, 3.63) is 18.2 Å². The van der Waals surface area contributed by atoms with E-state index < -0.39 is 0 Å². The average molecular weight is 247 g/mol. The maximum Gasteiger partial charge on any atom is 0.130 e. The summed E-state index contributed by atoms with van der Waals surface area (Å²) >= 11 is 0. The van der Waals surface area contributed by atoms with Crippen LogP contribution in [0.2, 0.25) is 0 Å². The van der Waals surface area contributed by atoms with E-state index in [1.54, 1.807) is 0 Å². The lowest BCUT2D eigenvalue weighted by molar-refractivity contribution is 0.459. The Balaban J connectivity index is 2.03. The van der Waals surface area contributed by atoms with E-state index in [-0.39, 0.29) is 0 Å². The summed E-state index contributed by atoms with van der Waals surface area (Å²) < 4.78 is 0. The van der Waals surface area contributed by atoms with E-state index in [2.05, 4.69) is 36.2 Å². The molecule has 1 N–H and O–H groups in total. The Labute approximate surface area is 111 Å². The summed E-state index contributed by atoms with van der Waals surface area (Å²) in [6.45, 7) is 7.64. The van der Waals surface area contributed by atoms with Crippen molar-refractivity contribution in [3.63, 3.8) is 0 Å². The zero-order valence-electron chi connectivity index (χ0n) is 11.7. The van der Waals surface area contributed by atoms with Crippen LogP contribution < -0.4 is 10.2 Å². The molecule has 1 aliphatic rings. The van der Waals surface area contributed by atoms with Gasteiger partial charge in [-0.25, -0.2) is 4.98 Å². The predicted molar refractivity (Wildman–Crippen MR) is 78.2 cm³/mol. The van der Waals surface area contributed by atoms with Crippen LogP contribution in [0.3, 0.4) is 0 Å². The number of nitrogens with one attached hydrogen (secondary N) is 1. The zero-order chi connectivity index (χ0) is 12.8. The number of nitrogens with zero attached hydrogens (tertiary/aromatic N) is 2. The van der Waals surface area contributed by atoms with Gasteiger partial charge in [-0.3, -0.25) is 0 Å². The number of aromatic nitrogens is 1. The Morgan fingerprint density at radius 3 is 2.94 bits per heavy atom. The molecular weight excluding hydrogens is 222 g/mol. The molecule has 0 aliphatic carbocycles. The lowest BCUT2D eigenvalue weighted by Gasteiger charge is -2.22. The van der Waals surface area contributed by atoms with Gasteiger partial charge in [-0.15, -0.1) is 0 Å². The second-order valence-corrected chi connectivity index (χ2v) is 5.10. The Hall–Kier alpha value is -1.25. The molecule has 18 heavy (non-hydrogen) atoms. The quantitative estimate of drug-likeness (QED) is 0.882. The largest absolute Gasteiger partial charge is 0.370 e. The molecule has 3 heteroatoms. The summed E-state index contributed by atoms with van der Waals surface area (Å²) in [6.07, 6.45) is 5.30. The van der Waals surface area contributed by atoms with Gasteiger partial charge in [-0.05, 0) is 44.2 Å². The van der Waals surface area contributed by atoms with Crippen LogP contribution >= 0.6 is 0 Å². The van der Waals surface area contributed by atoms with Gasteiger partial charge in [0.15, 0.2) is 0 Å². The van der Waals surface area contributed by atoms with Crippen molar-refractivity contribution in [2.24, 2.45) is 5.92 Å². The van der Waals surface area contributed by atoms with Crippen LogP contribution in [0.5, 0.6) is 0 Å². The van der Waals surface area contributed by atoms with E-state index in [9.17, 15) is 0 Å². The Morgan fingerprint density at radius 2 is 2.17 bits per heavy atom. The second-order valence-electron chi connectivity index (χ2n) is 5.10. The normalized spacial score (nSPS) is 20.6. The Morgan fingerprint density at radius 1 is 1.28 bits per heavy atom. The first-order valence-corrected chi connectivity index (χ1v) is 7.29. The van der Waals surface area contributed by atoms with Gasteiger partial charge in [0.1, 0.15) is 11.6 Å². The fourth-order valence-electron chi connectivity index (χ4n) is 2.68. The average Bonchev–Trinajstić information content (AvgIpc) is 2.65. The molecule has 2 heterocycles. The minimum atomic E-state index is 0.909. The molecule has 3 nitrogen and oxygen atoms in total. The maximum atomic E-state index is 4.69. The molecule has 1 atom stereocenters. The van der Waals surface area contributed by atoms with E-state index in [0.29, 0.717) is 0 Å². The Bertz CT molecular complexity index is 365. The molecule has 0 aromatic carbocycles. The van der Waals surface area contributed by atoms with Crippen LogP contribution in [0.1, 0.15) is 39.5 Å². The van der Waals surface area contributed by atoms with E-state index in [0.717, 1.165) is 37.2 Å². The van der Waals surface area contributed by atoms with Crippen molar-refractivity contribution < 1.29 is 0 Å². The summed E-state index contributed by atoms with van der Waals surface area (Å²) in [4.78, 5) is 7.13. The van der Waals surface area contributed by atoms with E-state index in [1.165, 1.54) is 25.7 Å². The molecule has 1 aromatic rings. The molecular formula is C15H25N3. The van der Waals surface area contributed by atoms with Gasteiger partial charge in [-0.1, -0.05) is 19.4 Å². The minimum Gasteiger partial charge on any atom is -0.370 e. The van der Waals surface area contributed by atoms with Crippen LogP contribution in [0.4, 0.5) is 11.6 Å². The number of hydrogen-bond donors (Lipinski definition) is 1. The molecule has 1 aliphatic heterocycles. The molecule has 1 saturated heterocycles. The van der Waals surface area contributed by atoms with Gasteiger partial charge in [0.05, 0.1) is 0 Å². The van der Waals surface area contributed by atoms with Crippen LogP contribution in [0.25, 0.3) is 0 Å². The topological polar surface area (TPSA) is 28.2 Å². The standard InChI is InChI=1S/C15H25N3/c1-3-13-7-6-11-18(12-10-13)15-9-5-8-14(17-15)16-4-2/h5,8-9,13H,3-4,6-7,10-12H2,1-2H3,(H,16,17). The third-order valence-electron chi connectivity index (χ3n) is 3.84. The van der Waals surface area contributed by atoms with Gasteiger partial charge in [0.25, 0.3) is 0 Å². The third-order valence-corrected chi connectivity index (χ3v) is 3.84. The van der Waals surface area contributed by atoms with Crippen molar-refractivity contribution in [3.8, 4) is 0 Å². The van der Waals surface area contributed by atoms with Gasteiger partial charge < -0.3 is 10.2 Å². The summed E-state index contributed by atoms with van der Waals surface area (Å²) in [5, 5.41) is 3.28. The number of hydrogen-bond acceptors (Lipinski definition) is 3. The molecule has 0 radical (unpaired) electrons. The number of rotatable bonds is 4. The van der Waals surface area contributed by atoms with Gasteiger partial charge in [-0.2, -0.15) is 0 Å². The van der Waals surface area contributed by atoms with Crippen molar-refractivity contribution in [1.82, 2.24) is 4.98 Å². The highest BCUT2D eigenvalue weighted by Gasteiger charge is 2.16. The third kappa shape index (κ3) is 3.37. The lowest BCUT2D eigenvalue weighted by Crippen LogP contribution is -2.25. The molecule has 0 amide bonds. The van der Waals surface area contributed by atoms with Crippen LogP contribution in [0.15, 0.2) is 18.2 Å². The molecule has 1 aromatic heterocycles. The van der Waals surface area contributed by atoms with Crippen molar-refractivity contribution in [2.75, 3.05) is 29.9 Å². The fraction of sp³-hybridized carbons (Fsp3) is 0.667. The molecule has 0 bridgehead atoms. The van der Waals surface area contributed by atoms with Crippen molar-refractivity contribution in [2.45, 2.75) is 39.5 Å². The first-order valence-electron chi connectivity index (χ1n) is 7.29. The van der Waals surface area contributed by atoms with Crippen LogP contribution in [-0.2, 0) is 0 Å². The first-order chi connectivity index (χ1) is 8.83. The highest BCUT2D eigenvalue weighted by atomic mass is 15.2. The van der Waals surface area contributed by atoms with Gasteiger partial charge in [0.2, 0.25) is 0 Å². The first kappa shape index (κ1) is 13.2. The molecule has 2 rings (SSSR count). The molecule has 1 fully saturated rings. The Kier molecular flexibility index (Phi) is 4.85. The summed E-state index contributed by atoms with van der Waals surface area (Å²) in [5.41, 5.74) is 0. The van der Waals surface area contributed by atoms with Gasteiger partial charge in [0, 0.05) is 19.6 Å². The second kappa shape index (κ2) is 6.62. The highest BCUT2D eigenvalue weighted by molar-refractivity contribution is 5.47. The number of pyridine rings is 1. The minimum absolute atomic E-state index is 0.909. The lowest BCUT2D eigenvalue weighted by atomic mass is 9.98. The predicted octanol–water partition coefficient (Wildman–Crippen LogP) is 3.53. The van der Waals surface area contributed by atoms with E-state index in [4.69, 9.17) is 4.98 Å². The smallest absolute Gasteiger partial charge is 0.130 e. The maximum absolute atomic E-state index is 4.69.